The van der Waals surface area contributed by atoms with Gasteiger partial charge < -0.3 is 19.3 Å². The highest BCUT2D eigenvalue weighted by molar-refractivity contribution is 7.86. The molecular formula is C34H54O8S. The largest absolute Gasteiger partial charge is 0.463 e. The molecule has 1 aromatic carbocycles. The minimum atomic E-state index is -4.00. The Morgan fingerprint density at radius 3 is 2.40 bits per heavy atom. The summed E-state index contributed by atoms with van der Waals surface area (Å²) in [6.45, 7) is 8.90. The molecule has 0 bridgehead atoms. The zero-order valence-electron chi connectivity index (χ0n) is 26.7. The van der Waals surface area contributed by atoms with Gasteiger partial charge in [-0.1, -0.05) is 62.5 Å². The minimum absolute atomic E-state index is 0.117. The van der Waals surface area contributed by atoms with Gasteiger partial charge in [0.25, 0.3) is 10.1 Å². The number of hydrogen-bond acceptors (Lipinski definition) is 8. The maximum absolute atomic E-state index is 13.3. The summed E-state index contributed by atoms with van der Waals surface area (Å²) < 4.78 is 49.9. The van der Waals surface area contributed by atoms with Crippen LogP contribution in [0.15, 0.2) is 41.3 Å². The highest BCUT2D eigenvalue weighted by Gasteiger charge is 2.46. The van der Waals surface area contributed by atoms with E-state index in [1.807, 2.05) is 32.9 Å². The second kappa shape index (κ2) is 17.6. The zero-order valence-corrected chi connectivity index (χ0v) is 27.5. The van der Waals surface area contributed by atoms with Crippen LogP contribution in [0.2, 0.25) is 0 Å². The lowest BCUT2D eigenvalue weighted by atomic mass is 9.85. The van der Waals surface area contributed by atoms with Crippen LogP contribution in [0.25, 0.3) is 0 Å². The molecule has 2 fully saturated rings. The van der Waals surface area contributed by atoms with Gasteiger partial charge in [-0.25, -0.2) is 0 Å². The van der Waals surface area contributed by atoms with Crippen molar-refractivity contribution >= 4 is 16.1 Å². The smallest absolute Gasteiger partial charge is 0.306 e. The molecule has 1 aromatic rings. The van der Waals surface area contributed by atoms with Gasteiger partial charge in [-0.3, -0.25) is 8.98 Å². The van der Waals surface area contributed by atoms with Crippen LogP contribution < -0.4 is 0 Å². The van der Waals surface area contributed by atoms with Crippen LogP contribution in [0.1, 0.15) is 110 Å². The third-order valence-electron chi connectivity index (χ3n) is 8.58. The lowest BCUT2D eigenvalue weighted by molar-refractivity contribution is -0.171. The van der Waals surface area contributed by atoms with Gasteiger partial charge in [0.05, 0.1) is 36.4 Å². The first-order valence-electron chi connectivity index (χ1n) is 16.4. The molecule has 0 spiro atoms. The lowest BCUT2D eigenvalue weighted by Crippen LogP contribution is -2.33. The molecule has 0 amide bonds. The molecule has 0 aromatic heterocycles. The Labute approximate surface area is 259 Å². The summed E-state index contributed by atoms with van der Waals surface area (Å²) in [4.78, 5) is 11.9. The monoisotopic (exact) mass is 622 g/mol. The van der Waals surface area contributed by atoms with E-state index < -0.39 is 28.1 Å². The number of esters is 1. The van der Waals surface area contributed by atoms with Crippen molar-refractivity contribution in [2.45, 2.75) is 140 Å². The average Bonchev–Trinajstić information content (AvgIpc) is 3.53. The Bertz CT molecular complexity index is 1090. The van der Waals surface area contributed by atoms with E-state index in [1.54, 1.807) is 24.3 Å². The summed E-state index contributed by atoms with van der Waals surface area (Å²) >= 11 is 0. The number of aliphatic hydroxyl groups excluding tert-OH is 1. The van der Waals surface area contributed by atoms with Gasteiger partial charge in [0, 0.05) is 25.7 Å². The van der Waals surface area contributed by atoms with Crippen LogP contribution in [0.5, 0.6) is 0 Å². The summed E-state index contributed by atoms with van der Waals surface area (Å²) in [5, 5.41) is 11.1. The molecule has 1 aliphatic carbocycles. The number of unbranched alkanes of at least 4 members (excludes halogenated alkanes) is 5. The van der Waals surface area contributed by atoms with E-state index in [-0.39, 0.29) is 35.2 Å². The molecular weight excluding hydrogens is 568 g/mol. The summed E-state index contributed by atoms with van der Waals surface area (Å²) in [5.41, 5.74) is 0.966. The highest BCUT2D eigenvalue weighted by atomic mass is 32.2. The van der Waals surface area contributed by atoms with Crippen molar-refractivity contribution in [3.05, 3.63) is 42.0 Å². The number of ether oxygens (including phenoxy) is 3. The molecule has 0 radical (unpaired) electrons. The summed E-state index contributed by atoms with van der Waals surface area (Å²) in [7, 11) is -4.00. The maximum Gasteiger partial charge on any atom is 0.306 e. The third kappa shape index (κ3) is 11.6. The van der Waals surface area contributed by atoms with Crippen molar-refractivity contribution in [1.29, 1.82) is 0 Å². The number of rotatable bonds is 19. The quantitative estimate of drug-likeness (QED) is 0.0759. The van der Waals surface area contributed by atoms with Crippen LogP contribution in [0.3, 0.4) is 0 Å². The third-order valence-corrected chi connectivity index (χ3v) is 9.93. The van der Waals surface area contributed by atoms with Gasteiger partial charge in [0.15, 0.2) is 5.79 Å². The van der Waals surface area contributed by atoms with E-state index >= 15 is 0 Å². The normalized spacial score (nSPS) is 23.9. The van der Waals surface area contributed by atoms with Crippen molar-refractivity contribution in [3.8, 4) is 0 Å². The fourth-order valence-corrected chi connectivity index (χ4v) is 7.39. The van der Waals surface area contributed by atoms with E-state index in [2.05, 4.69) is 6.92 Å². The Morgan fingerprint density at radius 2 is 1.72 bits per heavy atom. The number of carbonyl (C=O) groups excluding carboxylic acids is 1. The molecule has 244 valence electrons. The maximum atomic E-state index is 13.3. The number of aryl methyl sites for hydroxylation is 1. The van der Waals surface area contributed by atoms with Crippen molar-refractivity contribution in [2.75, 3.05) is 13.2 Å². The molecule has 9 heteroatoms. The second-order valence-corrected chi connectivity index (χ2v) is 14.1. The molecule has 3 rings (SSSR count). The topological polar surface area (TPSA) is 108 Å². The van der Waals surface area contributed by atoms with Gasteiger partial charge in [-0.15, -0.1) is 0 Å². The van der Waals surface area contributed by atoms with Crippen molar-refractivity contribution < 1.29 is 36.7 Å². The molecule has 1 heterocycles. The number of benzene rings is 1. The standard InChI is InChI=1S/C34H54O8S/c1-5-6-7-10-13-21-34(39-23-24-40-34)22-20-30-29(14-11-8-9-12-15-33(36)41-26(2)3)31(35)25-32(30)42-43(37,38)28-18-16-27(4)17-19-28/h8,11,16-19,26,29-32,35H,5-7,9-10,12-15,20-25H2,1-4H3/b11-8+. The van der Waals surface area contributed by atoms with Crippen LogP contribution in [0.4, 0.5) is 0 Å². The van der Waals surface area contributed by atoms with Gasteiger partial charge in [0.1, 0.15) is 0 Å². The number of allylic oxidation sites excluding steroid dienone is 2. The van der Waals surface area contributed by atoms with Crippen LogP contribution in [-0.4, -0.2) is 56.8 Å². The molecule has 8 nitrogen and oxygen atoms in total. The zero-order chi connectivity index (χ0) is 31.3. The van der Waals surface area contributed by atoms with Crippen molar-refractivity contribution in [3.63, 3.8) is 0 Å². The highest BCUT2D eigenvalue weighted by Crippen LogP contribution is 2.43. The number of hydrogen-bond donors (Lipinski definition) is 1. The average molecular weight is 623 g/mol. The van der Waals surface area contributed by atoms with E-state index in [4.69, 9.17) is 18.4 Å². The fourth-order valence-electron chi connectivity index (χ4n) is 6.27. The molecule has 4 atom stereocenters. The lowest BCUT2D eigenvalue weighted by Gasteiger charge is -2.31. The van der Waals surface area contributed by atoms with Gasteiger partial charge >= 0.3 is 5.97 Å². The molecule has 2 aliphatic rings. The SMILES string of the molecule is CCCCCCCC1(CCC2C(OS(=O)(=O)c3ccc(C)cc3)CC(O)C2C/C=C/CCCC(=O)OC(C)C)OCCO1. The van der Waals surface area contributed by atoms with Gasteiger partial charge in [-0.05, 0) is 76.8 Å². The predicted octanol–water partition coefficient (Wildman–Crippen LogP) is 7.02. The van der Waals surface area contributed by atoms with Crippen LogP contribution in [-0.2, 0) is 33.3 Å². The van der Waals surface area contributed by atoms with Gasteiger partial charge in [-0.2, -0.15) is 8.42 Å². The predicted molar refractivity (Wildman–Crippen MR) is 167 cm³/mol. The van der Waals surface area contributed by atoms with E-state index in [0.717, 1.165) is 31.2 Å². The first-order chi connectivity index (χ1) is 20.5. The summed E-state index contributed by atoms with van der Waals surface area (Å²) in [6.07, 6.45) is 13.1. The fraction of sp³-hybridized carbons (Fsp3) is 0.735. The Kier molecular flexibility index (Phi) is 14.6. The van der Waals surface area contributed by atoms with E-state index in [9.17, 15) is 18.3 Å². The second-order valence-electron chi connectivity index (χ2n) is 12.5. The van der Waals surface area contributed by atoms with E-state index in [1.165, 1.54) is 19.3 Å². The summed E-state index contributed by atoms with van der Waals surface area (Å²) in [5.74, 6) is -1.21. The molecule has 43 heavy (non-hydrogen) atoms. The minimum Gasteiger partial charge on any atom is -0.463 e. The Morgan fingerprint density at radius 1 is 1.02 bits per heavy atom. The molecule has 1 N–H and O–H groups in total. The Hall–Kier alpha value is -1.78. The van der Waals surface area contributed by atoms with Crippen molar-refractivity contribution in [2.24, 2.45) is 11.8 Å². The van der Waals surface area contributed by atoms with Gasteiger partial charge in [0.2, 0.25) is 0 Å². The van der Waals surface area contributed by atoms with E-state index in [0.29, 0.717) is 45.3 Å². The first kappa shape index (κ1) is 35.7. The summed E-state index contributed by atoms with van der Waals surface area (Å²) in [6, 6.07) is 6.64. The molecule has 4 unspecified atom stereocenters. The molecule has 1 saturated carbocycles. The number of carbonyl (C=O) groups is 1. The molecule has 1 aliphatic heterocycles. The number of aliphatic hydroxyl groups is 1. The van der Waals surface area contributed by atoms with Crippen molar-refractivity contribution in [1.82, 2.24) is 0 Å². The Balaban J connectivity index is 1.68. The van der Waals surface area contributed by atoms with Crippen LogP contribution in [0, 0.1) is 18.8 Å². The molecule has 1 saturated heterocycles. The van der Waals surface area contributed by atoms with Crippen LogP contribution >= 0.6 is 0 Å². The first-order valence-corrected chi connectivity index (χ1v) is 17.8.